The second-order valence-electron chi connectivity index (χ2n) is 4.59. The van der Waals surface area contributed by atoms with Gasteiger partial charge in [0.2, 0.25) is 0 Å². The third kappa shape index (κ3) is 2.52. The minimum absolute atomic E-state index is 0.0504. The van der Waals surface area contributed by atoms with E-state index in [4.69, 9.17) is 15.0 Å². The van der Waals surface area contributed by atoms with Crippen LogP contribution in [-0.4, -0.2) is 23.6 Å². The lowest BCUT2D eigenvalue weighted by Crippen LogP contribution is -2.38. The highest BCUT2D eigenvalue weighted by Crippen LogP contribution is 2.33. The van der Waals surface area contributed by atoms with Gasteiger partial charge in [-0.05, 0) is 37.7 Å². The van der Waals surface area contributed by atoms with E-state index < -0.39 is 0 Å². The molecule has 2 bridgehead atoms. The van der Waals surface area contributed by atoms with Crippen LogP contribution >= 0.6 is 0 Å². The molecule has 4 atom stereocenters. The summed E-state index contributed by atoms with van der Waals surface area (Å²) in [7, 11) is 0. The molecule has 1 fully saturated rings. The van der Waals surface area contributed by atoms with Crippen LogP contribution < -0.4 is 0 Å². The molecular formula is C12H18O4. The Bertz CT molecular complexity index is 287. The van der Waals surface area contributed by atoms with E-state index in [2.05, 4.69) is 17.5 Å². The Morgan fingerprint density at radius 2 is 2.38 bits per heavy atom. The molecule has 0 aromatic carbocycles. The second-order valence-corrected chi connectivity index (χ2v) is 4.59. The van der Waals surface area contributed by atoms with E-state index >= 15 is 0 Å². The SMILES string of the molecule is C=C(C)C(CCC1C[C@@H]2C=C[C@H]1OO2)OO. The van der Waals surface area contributed by atoms with Gasteiger partial charge in [0.05, 0.1) is 0 Å². The molecule has 1 N–H and O–H groups in total. The molecule has 2 unspecified atom stereocenters. The molecule has 1 saturated heterocycles. The summed E-state index contributed by atoms with van der Waals surface area (Å²) in [5.74, 6) is 0.445. The minimum atomic E-state index is -0.273. The van der Waals surface area contributed by atoms with Gasteiger partial charge in [-0.25, -0.2) is 14.7 Å². The van der Waals surface area contributed by atoms with E-state index in [1.54, 1.807) is 0 Å². The largest absolute Gasteiger partial charge is 0.251 e. The Balaban J connectivity index is 1.82. The summed E-state index contributed by atoms with van der Waals surface area (Å²) in [6.07, 6.45) is 6.65. The molecule has 2 aliphatic heterocycles. The predicted octanol–water partition coefficient (Wildman–Crippen LogP) is 2.48. The van der Waals surface area contributed by atoms with Crippen molar-refractivity contribution < 1.29 is 19.9 Å². The van der Waals surface area contributed by atoms with Crippen molar-refractivity contribution in [2.24, 2.45) is 5.92 Å². The molecule has 90 valence electrons. The summed E-state index contributed by atoms with van der Waals surface area (Å²) in [6.45, 7) is 5.64. The van der Waals surface area contributed by atoms with Gasteiger partial charge in [-0.2, -0.15) is 0 Å². The van der Waals surface area contributed by atoms with Crippen molar-refractivity contribution in [2.45, 2.75) is 44.5 Å². The first-order valence-corrected chi connectivity index (χ1v) is 5.66. The fraction of sp³-hybridized carbons (Fsp3) is 0.667. The first-order valence-electron chi connectivity index (χ1n) is 5.66. The number of hydrogen-bond donors (Lipinski definition) is 1. The molecule has 4 heteroatoms. The van der Waals surface area contributed by atoms with Gasteiger partial charge in [0.1, 0.15) is 18.3 Å². The van der Waals surface area contributed by atoms with Crippen LogP contribution in [0.1, 0.15) is 26.2 Å². The van der Waals surface area contributed by atoms with E-state index in [0.717, 1.165) is 24.8 Å². The van der Waals surface area contributed by atoms with Crippen molar-refractivity contribution in [3.63, 3.8) is 0 Å². The summed E-state index contributed by atoms with van der Waals surface area (Å²) < 4.78 is 0. The zero-order chi connectivity index (χ0) is 11.5. The molecule has 0 aromatic rings. The lowest BCUT2D eigenvalue weighted by molar-refractivity contribution is -0.374. The molecular weight excluding hydrogens is 208 g/mol. The standard InChI is InChI=1S/C12H18O4/c1-8(2)11(14-13)5-3-9-7-10-4-6-12(9)16-15-10/h4,6,9-13H,1,3,5,7H2,2H3/t9?,10-,11?,12+/m0/s1. The molecule has 16 heavy (non-hydrogen) atoms. The van der Waals surface area contributed by atoms with E-state index in [-0.39, 0.29) is 18.3 Å². The molecule has 0 aromatic heterocycles. The van der Waals surface area contributed by atoms with Gasteiger partial charge < -0.3 is 0 Å². The summed E-state index contributed by atoms with van der Waals surface area (Å²) in [6, 6.07) is 0. The van der Waals surface area contributed by atoms with Crippen molar-refractivity contribution in [3.05, 3.63) is 24.3 Å². The maximum atomic E-state index is 8.73. The molecule has 1 aliphatic carbocycles. The van der Waals surface area contributed by atoms with Gasteiger partial charge in [-0.1, -0.05) is 18.7 Å². The molecule has 0 amide bonds. The second kappa shape index (κ2) is 5.10. The van der Waals surface area contributed by atoms with Crippen molar-refractivity contribution in [1.82, 2.24) is 0 Å². The average molecular weight is 226 g/mol. The van der Waals surface area contributed by atoms with Crippen molar-refractivity contribution in [1.29, 1.82) is 0 Å². The number of fused-ring (bicyclic) bond motifs is 2. The number of hydrogen-bond acceptors (Lipinski definition) is 4. The average Bonchev–Trinajstić information content (AvgIpc) is 2.31. The van der Waals surface area contributed by atoms with E-state index in [9.17, 15) is 0 Å². The Labute approximate surface area is 95.4 Å². The fourth-order valence-corrected chi connectivity index (χ4v) is 2.26. The smallest absolute Gasteiger partial charge is 0.114 e. The summed E-state index contributed by atoms with van der Waals surface area (Å²) in [5, 5.41) is 8.73. The van der Waals surface area contributed by atoms with Gasteiger partial charge in [0, 0.05) is 0 Å². The van der Waals surface area contributed by atoms with E-state index in [1.807, 2.05) is 13.0 Å². The van der Waals surface area contributed by atoms with Crippen LogP contribution in [-0.2, 0) is 14.7 Å². The quantitative estimate of drug-likeness (QED) is 0.444. The van der Waals surface area contributed by atoms with E-state index in [0.29, 0.717) is 5.92 Å². The Morgan fingerprint density at radius 1 is 1.56 bits per heavy atom. The zero-order valence-corrected chi connectivity index (χ0v) is 9.46. The lowest BCUT2D eigenvalue weighted by atomic mass is 9.84. The molecule has 0 radical (unpaired) electrons. The highest BCUT2D eigenvalue weighted by Gasteiger charge is 2.34. The normalized spacial score (nSPS) is 34.0. The van der Waals surface area contributed by atoms with Gasteiger partial charge >= 0.3 is 0 Å². The third-order valence-corrected chi connectivity index (χ3v) is 3.28. The van der Waals surface area contributed by atoms with Crippen LogP contribution in [0.2, 0.25) is 0 Å². The van der Waals surface area contributed by atoms with Gasteiger partial charge in [0.15, 0.2) is 0 Å². The van der Waals surface area contributed by atoms with Crippen molar-refractivity contribution >= 4 is 0 Å². The van der Waals surface area contributed by atoms with E-state index in [1.165, 1.54) is 0 Å². The maximum absolute atomic E-state index is 8.73. The minimum Gasteiger partial charge on any atom is -0.251 e. The zero-order valence-electron chi connectivity index (χ0n) is 9.46. The molecule has 4 nitrogen and oxygen atoms in total. The topological polar surface area (TPSA) is 47.9 Å². The van der Waals surface area contributed by atoms with Crippen LogP contribution in [0.4, 0.5) is 0 Å². The molecule has 3 aliphatic rings. The Kier molecular flexibility index (Phi) is 3.76. The Hall–Kier alpha value is -0.680. The first kappa shape index (κ1) is 11.8. The highest BCUT2D eigenvalue weighted by molar-refractivity contribution is 5.06. The van der Waals surface area contributed by atoms with Crippen LogP contribution in [0.5, 0.6) is 0 Å². The van der Waals surface area contributed by atoms with Crippen LogP contribution in [0.3, 0.4) is 0 Å². The van der Waals surface area contributed by atoms with Crippen molar-refractivity contribution in [3.8, 4) is 0 Å². The van der Waals surface area contributed by atoms with Gasteiger partial charge in [-0.15, -0.1) is 0 Å². The monoisotopic (exact) mass is 226 g/mol. The summed E-state index contributed by atoms with van der Waals surface area (Å²) in [4.78, 5) is 14.7. The molecule has 3 rings (SSSR count). The van der Waals surface area contributed by atoms with Crippen molar-refractivity contribution in [2.75, 3.05) is 0 Å². The molecule has 0 spiro atoms. The maximum Gasteiger partial charge on any atom is 0.114 e. The third-order valence-electron chi connectivity index (χ3n) is 3.28. The van der Waals surface area contributed by atoms with Gasteiger partial charge in [0.25, 0.3) is 0 Å². The van der Waals surface area contributed by atoms with Crippen LogP contribution in [0.25, 0.3) is 0 Å². The summed E-state index contributed by atoms with van der Waals surface area (Å²) in [5.41, 5.74) is 0.844. The summed E-state index contributed by atoms with van der Waals surface area (Å²) >= 11 is 0. The number of rotatable bonds is 5. The van der Waals surface area contributed by atoms with Crippen LogP contribution in [0.15, 0.2) is 24.3 Å². The van der Waals surface area contributed by atoms with Crippen LogP contribution in [0, 0.1) is 5.92 Å². The predicted molar refractivity (Wildman–Crippen MR) is 58.5 cm³/mol. The highest BCUT2D eigenvalue weighted by atomic mass is 17.2. The van der Waals surface area contributed by atoms with Gasteiger partial charge in [-0.3, -0.25) is 5.26 Å². The molecule has 0 saturated carbocycles. The molecule has 2 heterocycles. The first-order chi connectivity index (χ1) is 7.70. The fourth-order valence-electron chi connectivity index (χ4n) is 2.26. The lowest BCUT2D eigenvalue weighted by Gasteiger charge is -2.36. The Morgan fingerprint density at radius 3 is 2.81 bits per heavy atom.